The van der Waals surface area contributed by atoms with E-state index in [4.69, 9.17) is 0 Å². The van der Waals surface area contributed by atoms with Crippen LogP contribution in [-0.2, 0) is 16.3 Å². The van der Waals surface area contributed by atoms with Crippen LogP contribution < -0.4 is 0 Å². The fourth-order valence-electron chi connectivity index (χ4n) is 1.79. The lowest BCUT2D eigenvalue weighted by Gasteiger charge is -2.26. The quantitative estimate of drug-likeness (QED) is 0.765. The highest BCUT2D eigenvalue weighted by atomic mass is 32.2. The number of sulfone groups is 1. The van der Waals surface area contributed by atoms with Crippen LogP contribution in [0.3, 0.4) is 0 Å². The summed E-state index contributed by atoms with van der Waals surface area (Å²) in [5, 5.41) is 0. The van der Waals surface area contributed by atoms with Crippen LogP contribution in [0.1, 0.15) is 5.69 Å². The molecule has 2 rings (SSSR count). The Labute approximate surface area is 96.2 Å². The molecule has 1 saturated heterocycles. The van der Waals surface area contributed by atoms with Crippen molar-refractivity contribution in [2.24, 2.45) is 0 Å². The predicted octanol–water partition coefficient (Wildman–Crippen LogP) is 0.354. The Bertz CT molecular complexity index is 417. The first kappa shape index (κ1) is 11.5. The van der Waals surface area contributed by atoms with Gasteiger partial charge in [-0.15, -0.1) is 0 Å². The number of aromatic nitrogens is 1. The van der Waals surface area contributed by atoms with Crippen molar-refractivity contribution in [2.45, 2.75) is 6.42 Å². The van der Waals surface area contributed by atoms with Crippen molar-refractivity contribution in [1.82, 2.24) is 9.88 Å². The zero-order valence-electron chi connectivity index (χ0n) is 9.17. The SMILES string of the molecule is O=S1(=O)CCN(CCc2ccccn2)CC1. The second-order valence-corrected chi connectivity index (χ2v) is 6.37. The van der Waals surface area contributed by atoms with Crippen molar-refractivity contribution >= 4 is 9.84 Å². The van der Waals surface area contributed by atoms with Gasteiger partial charge in [0.15, 0.2) is 9.84 Å². The normalized spacial score (nSPS) is 20.8. The van der Waals surface area contributed by atoms with Gasteiger partial charge in [-0.1, -0.05) is 6.07 Å². The van der Waals surface area contributed by atoms with E-state index in [1.807, 2.05) is 18.2 Å². The van der Waals surface area contributed by atoms with Crippen LogP contribution in [-0.4, -0.2) is 49.4 Å². The summed E-state index contributed by atoms with van der Waals surface area (Å²) < 4.78 is 22.5. The van der Waals surface area contributed by atoms with Crippen molar-refractivity contribution < 1.29 is 8.42 Å². The van der Waals surface area contributed by atoms with Crippen LogP contribution in [0, 0.1) is 0 Å². The summed E-state index contributed by atoms with van der Waals surface area (Å²) in [6.45, 7) is 2.22. The van der Waals surface area contributed by atoms with Crippen molar-refractivity contribution in [1.29, 1.82) is 0 Å². The molecule has 5 heteroatoms. The Morgan fingerprint density at radius 2 is 2.00 bits per heavy atom. The smallest absolute Gasteiger partial charge is 0.152 e. The van der Waals surface area contributed by atoms with E-state index in [0.717, 1.165) is 18.7 Å². The van der Waals surface area contributed by atoms with Crippen molar-refractivity contribution in [3.8, 4) is 0 Å². The van der Waals surface area contributed by atoms with Gasteiger partial charge in [0.25, 0.3) is 0 Å². The molecule has 1 aliphatic rings. The minimum absolute atomic E-state index is 0.301. The van der Waals surface area contributed by atoms with E-state index in [9.17, 15) is 8.42 Å². The molecule has 0 atom stereocenters. The molecule has 0 saturated carbocycles. The maximum atomic E-state index is 11.2. The van der Waals surface area contributed by atoms with Crippen LogP contribution in [0.15, 0.2) is 24.4 Å². The molecule has 1 aromatic rings. The fraction of sp³-hybridized carbons (Fsp3) is 0.545. The van der Waals surface area contributed by atoms with E-state index in [1.165, 1.54) is 0 Å². The van der Waals surface area contributed by atoms with Crippen LogP contribution in [0.25, 0.3) is 0 Å². The van der Waals surface area contributed by atoms with Gasteiger partial charge in [-0.2, -0.15) is 0 Å². The number of pyridine rings is 1. The molecule has 0 unspecified atom stereocenters. The van der Waals surface area contributed by atoms with Gasteiger partial charge in [-0.05, 0) is 12.1 Å². The standard InChI is InChI=1S/C11H16N2O2S/c14-16(15)9-7-13(8-10-16)6-4-11-3-1-2-5-12-11/h1-3,5H,4,6-10H2. The first-order valence-electron chi connectivity index (χ1n) is 5.48. The van der Waals surface area contributed by atoms with Crippen LogP contribution in [0.4, 0.5) is 0 Å². The molecule has 4 nitrogen and oxygen atoms in total. The molecule has 1 aromatic heterocycles. The van der Waals surface area contributed by atoms with Gasteiger partial charge in [-0.25, -0.2) is 8.42 Å². The molecule has 0 bridgehead atoms. The van der Waals surface area contributed by atoms with Gasteiger partial charge in [0.2, 0.25) is 0 Å². The van der Waals surface area contributed by atoms with E-state index >= 15 is 0 Å². The minimum atomic E-state index is -2.76. The first-order chi connectivity index (χ1) is 7.66. The average molecular weight is 240 g/mol. The monoisotopic (exact) mass is 240 g/mol. The molecule has 0 aromatic carbocycles. The minimum Gasteiger partial charge on any atom is -0.301 e. The Hall–Kier alpha value is -0.940. The third-order valence-electron chi connectivity index (χ3n) is 2.85. The van der Waals surface area contributed by atoms with E-state index in [-0.39, 0.29) is 0 Å². The second-order valence-electron chi connectivity index (χ2n) is 4.06. The molecule has 0 amide bonds. The average Bonchev–Trinajstić information content (AvgIpc) is 2.29. The lowest BCUT2D eigenvalue weighted by atomic mass is 10.2. The number of nitrogens with zero attached hydrogens (tertiary/aromatic N) is 2. The maximum Gasteiger partial charge on any atom is 0.152 e. The largest absolute Gasteiger partial charge is 0.301 e. The van der Waals surface area contributed by atoms with Gasteiger partial charge < -0.3 is 4.90 Å². The Kier molecular flexibility index (Phi) is 3.56. The summed E-state index contributed by atoms with van der Waals surface area (Å²) in [6, 6.07) is 5.88. The van der Waals surface area contributed by atoms with Gasteiger partial charge in [-0.3, -0.25) is 4.98 Å². The summed E-state index contributed by atoms with van der Waals surface area (Å²) in [5.41, 5.74) is 1.07. The summed E-state index contributed by atoms with van der Waals surface area (Å²) >= 11 is 0. The molecule has 0 N–H and O–H groups in total. The topological polar surface area (TPSA) is 50.3 Å². The number of hydrogen-bond donors (Lipinski definition) is 0. The van der Waals surface area contributed by atoms with Crippen molar-refractivity contribution in [3.63, 3.8) is 0 Å². The fourth-order valence-corrected chi connectivity index (χ4v) is 3.07. The van der Waals surface area contributed by atoms with Crippen LogP contribution in [0.2, 0.25) is 0 Å². The lowest BCUT2D eigenvalue weighted by Crippen LogP contribution is -2.41. The maximum absolute atomic E-state index is 11.2. The zero-order valence-corrected chi connectivity index (χ0v) is 9.99. The lowest BCUT2D eigenvalue weighted by molar-refractivity contribution is 0.298. The summed E-state index contributed by atoms with van der Waals surface area (Å²) in [4.78, 5) is 6.44. The van der Waals surface area contributed by atoms with E-state index in [2.05, 4.69) is 9.88 Å². The third-order valence-corrected chi connectivity index (χ3v) is 4.46. The summed E-state index contributed by atoms with van der Waals surface area (Å²) in [7, 11) is -2.76. The van der Waals surface area contributed by atoms with Gasteiger partial charge in [0.1, 0.15) is 0 Å². The highest BCUT2D eigenvalue weighted by Crippen LogP contribution is 2.05. The molecule has 0 radical (unpaired) electrons. The zero-order chi connectivity index (χ0) is 11.4. The second kappa shape index (κ2) is 4.93. The highest BCUT2D eigenvalue weighted by Gasteiger charge is 2.20. The van der Waals surface area contributed by atoms with Crippen LogP contribution in [0.5, 0.6) is 0 Å². The van der Waals surface area contributed by atoms with Crippen molar-refractivity contribution in [2.75, 3.05) is 31.1 Å². The molecule has 88 valence electrons. The van der Waals surface area contributed by atoms with E-state index in [0.29, 0.717) is 24.6 Å². The molecule has 2 heterocycles. The molecule has 1 aliphatic heterocycles. The molecule has 1 fully saturated rings. The summed E-state index contributed by atoms with van der Waals surface area (Å²) in [6.07, 6.45) is 2.68. The highest BCUT2D eigenvalue weighted by molar-refractivity contribution is 7.91. The summed E-state index contributed by atoms with van der Waals surface area (Å²) in [5.74, 6) is 0.602. The van der Waals surface area contributed by atoms with E-state index < -0.39 is 9.84 Å². The van der Waals surface area contributed by atoms with E-state index in [1.54, 1.807) is 6.20 Å². The number of hydrogen-bond acceptors (Lipinski definition) is 4. The van der Waals surface area contributed by atoms with Crippen LogP contribution >= 0.6 is 0 Å². The van der Waals surface area contributed by atoms with Gasteiger partial charge in [0.05, 0.1) is 11.5 Å². The molecule has 0 spiro atoms. The Balaban J connectivity index is 1.80. The van der Waals surface area contributed by atoms with Gasteiger partial charge in [0, 0.05) is 37.9 Å². The first-order valence-corrected chi connectivity index (χ1v) is 7.30. The Morgan fingerprint density at radius 1 is 1.25 bits per heavy atom. The molecular weight excluding hydrogens is 224 g/mol. The molecular formula is C11H16N2O2S. The molecule has 0 aliphatic carbocycles. The van der Waals surface area contributed by atoms with Crippen molar-refractivity contribution in [3.05, 3.63) is 30.1 Å². The number of rotatable bonds is 3. The van der Waals surface area contributed by atoms with Gasteiger partial charge >= 0.3 is 0 Å². The third kappa shape index (κ3) is 3.28. The Morgan fingerprint density at radius 3 is 2.62 bits per heavy atom. The molecule has 16 heavy (non-hydrogen) atoms. The predicted molar refractivity (Wildman–Crippen MR) is 63.0 cm³/mol.